The Balaban J connectivity index is 1.72. The molecule has 22 heavy (non-hydrogen) atoms. The second kappa shape index (κ2) is 8.17. The molecule has 118 valence electrons. The molecule has 0 N–H and O–H groups in total. The number of nitrogens with zero attached hydrogens (tertiary/aromatic N) is 3. The minimum Gasteiger partial charge on any atom is -0.491 e. The molecule has 1 heterocycles. The fourth-order valence-corrected chi connectivity index (χ4v) is 1.98. The fourth-order valence-electron chi connectivity index (χ4n) is 1.98. The average Bonchev–Trinajstić information content (AvgIpc) is 2.96. The molecule has 0 spiro atoms. The smallest absolute Gasteiger partial charge is 0.310 e. The average molecular weight is 303 g/mol. The zero-order valence-electron chi connectivity index (χ0n) is 12.9. The highest BCUT2D eigenvalue weighted by Crippen LogP contribution is 2.15. The normalized spacial score (nSPS) is 10.7. The van der Waals surface area contributed by atoms with E-state index in [9.17, 15) is 4.79 Å². The summed E-state index contributed by atoms with van der Waals surface area (Å²) in [4.78, 5) is 15.7. The van der Waals surface area contributed by atoms with E-state index in [1.165, 1.54) is 6.33 Å². The maximum absolute atomic E-state index is 11.8. The first-order valence-electron chi connectivity index (χ1n) is 7.37. The summed E-state index contributed by atoms with van der Waals surface area (Å²) in [5, 5.41) is 3.99. The number of ether oxygens (including phenoxy) is 2. The Labute approximate surface area is 130 Å². The molecule has 1 aromatic heterocycles. The topological polar surface area (TPSA) is 66.2 Å². The van der Waals surface area contributed by atoms with Crippen molar-refractivity contribution in [1.82, 2.24) is 14.8 Å². The van der Waals surface area contributed by atoms with Crippen LogP contribution in [-0.2, 0) is 22.5 Å². The zero-order chi connectivity index (χ0) is 15.8. The summed E-state index contributed by atoms with van der Waals surface area (Å²) >= 11 is 0. The van der Waals surface area contributed by atoms with Crippen molar-refractivity contribution in [2.75, 3.05) is 6.61 Å². The third-order valence-corrected chi connectivity index (χ3v) is 2.88. The predicted molar refractivity (Wildman–Crippen MR) is 81.5 cm³/mol. The lowest BCUT2D eigenvalue weighted by Crippen LogP contribution is -2.11. The molecule has 0 aliphatic carbocycles. The standard InChI is InChI=1S/C16H21N3O3/c1-13(2)22-15-6-3-5-14(9-15)10-16(20)21-8-4-7-19-12-17-11-18-19/h3,5-6,9,11-13H,4,7-8,10H2,1-2H3. The van der Waals surface area contributed by atoms with Crippen molar-refractivity contribution in [3.63, 3.8) is 0 Å². The van der Waals surface area contributed by atoms with Gasteiger partial charge in [0, 0.05) is 13.0 Å². The van der Waals surface area contributed by atoms with Crippen LogP contribution in [0.25, 0.3) is 0 Å². The van der Waals surface area contributed by atoms with E-state index in [4.69, 9.17) is 9.47 Å². The van der Waals surface area contributed by atoms with E-state index in [2.05, 4.69) is 10.1 Å². The number of hydrogen-bond donors (Lipinski definition) is 0. The Morgan fingerprint density at radius 2 is 2.23 bits per heavy atom. The Morgan fingerprint density at radius 1 is 1.36 bits per heavy atom. The number of carbonyl (C=O) groups is 1. The molecule has 0 aliphatic rings. The summed E-state index contributed by atoms with van der Waals surface area (Å²) in [5.41, 5.74) is 0.888. The van der Waals surface area contributed by atoms with Gasteiger partial charge in [0.1, 0.15) is 18.4 Å². The summed E-state index contributed by atoms with van der Waals surface area (Å²) in [6.45, 7) is 5.00. The van der Waals surface area contributed by atoms with Crippen molar-refractivity contribution in [3.8, 4) is 5.75 Å². The van der Waals surface area contributed by atoms with Crippen molar-refractivity contribution in [2.45, 2.75) is 39.3 Å². The molecule has 0 saturated heterocycles. The minimum atomic E-state index is -0.236. The number of esters is 1. The molecule has 0 aliphatic heterocycles. The molecule has 1 aromatic carbocycles. The van der Waals surface area contributed by atoms with E-state index >= 15 is 0 Å². The maximum atomic E-state index is 11.8. The largest absolute Gasteiger partial charge is 0.491 e. The van der Waals surface area contributed by atoms with Crippen molar-refractivity contribution in [2.24, 2.45) is 0 Å². The van der Waals surface area contributed by atoms with Crippen LogP contribution in [0.5, 0.6) is 5.75 Å². The van der Waals surface area contributed by atoms with Crippen LogP contribution in [0, 0.1) is 0 Å². The van der Waals surface area contributed by atoms with E-state index < -0.39 is 0 Å². The summed E-state index contributed by atoms with van der Waals surface area (Å²) in [7, 11) is 0. The third-order valence-electron chi connectivity index (χ3n) is 2.88. The van der Waals surface area contributed by atoms with Gasteiger partial charge in [0.2, 0.25) is 0 Å². The Hall–Kier alpha value is -2.37. The van der Waals surface area contributed by atoms with Crippen LogP contribution in [0.4, 0.5) is 0 Å². The van der Waals surface area contributed by atoms with Crippen LogP contribution in [0.1, 0.15) is 25.8 Å². The lowest BCUT2D eigenvalue weighted by atomic mass is 10.1. The number of hydrogen-bond acceptors (Lipinski definition) is 5. The van der Waals surface area contributed by atoms with Crippen LogP contribution in [0.3, 0.4) is 0 Å². The van der Waals surface area contributed by atoms with Gasteiger partial charge in [-0.3, -0.25) is 9.48 Å². The molecule has 0 bridgehead atoms. The Kier molecular flexibility index (Phi) is 5.94. The molecule has 0 radical (unpaired) electrons. The van der Waals surface area contributed by atoms with Gasteiger partial charge in [-0.2, -0.15) is 5.10 Å². The Morgan fingerprint density at radius 3 is 2.95 bits per heavy atom. The Bertz CT molecular complexity index is 582. The number of benzene rings is 1. The quantitative estimate of drug-likeness (QED) is 0.553. The molecule has 6 nitrogen and oxygen atoms in total. The molecule has 0 saturated carbocycles. The molecule has 2 aromatic rings. The molecule has 2 rings (SSSR count). The van der Waals surface area contributed by atoms with Gasteiger partial charge in [0.25, 0.3) is 0 Å². The van der Waals surface area contributed by atoms with Gasteiger partial charge in [-0.1, -0.05) is 12.1 Å². The lowest BCUT2D eigenvalue weighted by molar-refractivity contribution is -0.143. The molecular formula is C16H21N3O3. The number of aromatic nitrogens is 3. The van der Waals surface area contributed by atoms with E-state index in [-0.39, 0.29) is 18.5 Å². The summed E-state index contributed by atoms with van der Waals surface area (Å²) in [5.74, 6) is 0.534. The second-order valence-electron chi connectivity index (χ2n) is 5.22. The van der Waals surface area contributed by atoms with Gasteiger partial charge in [-0.25, -0.2) is 4.98 Å². The van der Waals surface area contributed by atoms with E-state index in [1.54, 1.807) is 11.0 Å². The number of rotatable bonds is 8. The van der Waals surface area contributed by atoms with Gasteiger partial charge in [-0.05, 0) is 31.5 Å². The molecule has 6 heteroatoms. The first-order valence-corrected chi connectivity index (χ1v) is 7.37. The highest BCUT2D eigenvalue weighted by Gasteiger charge is 2.06. The van der Waals surface area contributed by atoms with Crippen molar-refractivity contribution < 1.29 is 14.3 Å². The summed E-state index contributed by atoms with van der Waals surface area (Å²) in [6, 6.07) is 7.53. The van der Waals surface area contributed by atoms with Crippen molar-refractivity contribution in [1.29, 1.82) is 0 Å². The summed E-state index contributed by atoms with van der Waals surface area (Å²) in [6.07, 6.45) is 4.20. The fraction of sp³-hybridized carbons (Fsp3) is 0.438. The molecule has 0 atom stereocenters. The molecular weight excluding hydrogens is 282 g/mol. The first-order chi connectivity index (χ1) is 10.6. The van der Waals surface area contributed by atoms with Gasteiger partial charge >= 0.3 is 5.97 Å². The number of aryl methyl sites for hydroxylation is 1. The van der Waals surface area contributed by atoms with Gasteiger partial charge in [-0.15, -0.1) is 0 Å². The predicted octanol–water partition coefficient (Wildman–Crippen LogP) is 2.24. The number of carbonyl (C=O) groups excluding carboxylic acids is 1. The SMILES string of the molecule is CC(C)Oc1cccc(CC(=O)OCCCn2cncn2)c1. The first kappa shape index (κ1) is 16.0. The van der Waals surface area contributed by atoms with Crippen LogP contribution >= 0.6 is 0 Å². The highest BCUT2D eigenvalue weighted by atomic mass is 16.5. The second-order valence-corrected chi connectivity index (χ2v) is 5.22. The molecule has 0 fully saturated rings. The summed E-state index contributed by atoms with van der Waals surface area (Å²) < 4.78 is 12.5. The minimum absolute atomic E-state index is 0.110. The van der Waals surface area contributed by atoms with Crippen LogP contribution < -0.4 is 4.74 Å². The van der Waals surface area contributed by atoms with E-state index in [0.717, 1.165) is 11.3 Å². The lowest BCUT2D eigenvalue weighted by Gasteiger charge is -2.11. The van der Waals surface area contributed by atoms with Crippen LogP contribution in [0.2, 0.25) is 0 Å². The van der Waals surface area contributed by atoms with E-state index in [1.807, 2.05) is 38.1 Å². The molecule has 0 unspecified atom stereocenters. The third kappa shape index (κ3) is 5.55. The van der Waals surface area contributed by atoms with Crippen LogP contribution in [0.15, 0.2) is 36.9 Å². The van der Waals surface area contributed by atoms with Gasteiger partial charge in [0.05, 0.1) is 19.1 Å². The molecule has 0 amide bonds. The van der Waals surface area contributed by atoms with Gasteiger partial charge in [0.15, 0.2) is 0 Å². The maximum Gasteiger partial charge on any atom is 0.310 e. The van der Waals surface area contributed by atoms with Gasteiger partial charge < -0.3 is 9.47 Å². The zero-order valence-corrected chi connectivity index (χ0v) is 12.9. The van der Waals surface area contributed by atoms with E-state index in [0.29, 0.717) is 19.6 Å². The van der Waals surface area contributed by atoms with Crippen molar-refractivity contribution in [3.05, 3.63) is 42.5 Å². The van der Waals surface area contributed by atoms with Crippen LogP contribution in [-0.4, -0.2) is 33.4 Å². The monoisotopic (exact) mass is 303 g/mol. The van der Waals surface area contributed by atoms with Crippen molar-refractivity contribution >= 4 is 5.97 Å². The highest BCUT2D eigenvalue weighted by molar-refractivity contribution is 5.72.